The standard InChI is InChI=1S/C13H20N2OS/c1-10-6-7-12(11(14)9-10)17-8-4-5-13(16)15(2)3/h6-7,9H,4-5,8,14H2,1-3H3. The van der Waals surface area contributed by atoms with Crippen LogP contribution in [0.15, 0.2) is 23.1 Å². The summed E-state index contributed by atoms with van der Waals surface area (Å²) in [6.45, 7) is 2.03. The van der Waals surface area contributed by atoms with E-state index in [1.165, 1.54) is 5.56 Å². The first-order valence-electron chi connectivity index (χ1n) is 5.70. The number of anilines is 1. The average Bonchev–Trinajstić information content (AvgIpc) is 2.26. The highest BCUT2D eigenvalue weighted by Crippen LogP contribution is 2.26. The second kappa shape index (κ2) is 6.55. The van der Waals surface area contributed by atoms with E-state index in [-0.39, 0.29) is 5.91 Å². The monoisotopic (exact) mass is 252 g/mol. The quantitative estimate of drug-likeness (QED) is 0.497. The summed E-state index contributed by atoms with van der Waals surface area (Å²) >= 11 is 1.71. The van der Waals surface area contributed by atoms with Crippen LogP contribution in [0.25, 0.3) is 0 Å². The van der Waals surface area contributed by atoms with Crippen LogP contribution in [-0.2, 0) is 4.79 Å². The molecule has 0 unspecified atom stereocenters. The summed E-state index contributed by atoms with van der Waals surface area (Å²) in [5.74, 6) is 1.11. The molecule has 0 aliphatic heterocycles. The van der Waals surface area contributed by atoms with Crippen LogP contribution in [0.5, 0.6) is 0 Å². The van der Waals surface area contributed by atoms with E-state index in [1.807, 2.05) is 19.1 Å². The first-order chi connectivity index (χ1) is 8.00. The van der Waals surface area contributed by atoms with Crippen molar-refractivity contribution < 1.29 is 4.79 Å². The molecule has 94 valence electrons. The highest BCUT2D eigenvalue weighted by atomic mass is 32.2. The first kappa shape index (κ1) is 13.9. The molecule has 0 atom stereocenters. The lowest BCUT2D eigenvalue weighted by Gasteiger charge is -2.10. The first-order valence-corrected chi connectivity index (χ1v) is 6.68. The lowest BCUT2D eigenvalue weighted by Crippen LogP contribution is -2.21. The van der Waals surface area contributed by atoms with E-state index in [9.17, 15) is 4.79 Å². The van der Waals surface area contributed by atoms with Gasteiger partial charge in [0.25, 0.3) is 0 Å². The molecule has 4 heteroatoms. The molecule has 0 heterocycles. The van der Waals surface area contributed by atoms with Gasteiger partial charge in [0.15, 0.2) is 0 Å². The molecule has 0 bridgehead atoms. The van der Waals surface area contributed by atoms with Crippen molar-refractivity contribution in [3.63, 3.8) is 0 Å². The van der Waals surface area contributed by atoms with E-state index in [1.54, 1.807) is 30.8 Å². The number of amides is 1. The van der Waals surface area contributed by atoms with E-state index in [4.69, 9.17) is 5.73 Å². The maximum absolute atomic E-state index is 11.4. The van der Waals surface area contributed by atoms with Crippen molar-refractivity contribution in [3.05, 3.63) is 23.8 Å². The Bertz CT molecular complexity index is 391. The Balaban J connectivity index is 2.34. The molecule has 0 aliphatic rings. The number of nitrogens with two attached hydrogens (primary N) is 1. The molecule has 1 amide bonds. The Morgan fingerprint density at radius 3 is 2.71 bits per heavy atom. The largest absolute Gasteiger partial charge is 0.398 e. The summed E-state index contributed by atoms with van der Waals surface area (Å²) in [4.78, 5) is 14.1. The van der Waals surface area contributed by atoms with Crippen LogP contribution >= 0.6 is 11.8 Å². The second-order valence-corrected chi connectivity index (χ2v) is 5.42. The van der Waals surface area contributed by atoms with E-state index in [0.29, 0.717) is 6.42 Å². The van der Waals surface area contributed by atoms with Gasteiger partial charge in [0, 0.05) is 31.1 Å². The molecule has 1 aromatic carbocycles. The Hall–Kier alpha value is -1.16. The number of carbonyl (C=O) groups is 1. The molecule has 0 saturated heterocycles. The summed E-state index contributed by atoms with van der Waals surface area (Å²) in [5.41, 5.74) is 7.92. The van der Waals surface area contributed by atoms with Gasteiger partial charge in [0.2, 0.25) is 5.91 Å². The molecule has 17 heavy (non-hydrogen) atoms. The zero-order chi connectivity index (χ0) is 12.8. The molecule has 2 N–H and O–H groups in total. The van der Waals surface area contributed by atoms with Crippen LogP contribution in [0, 0.1) is 6.92 Å². The molecule has 1 aromatic rings. The van der Waals surface area contributed by atoms with E-state index in [0.717, 1.165) is 22.8 Å². The summed E-state index contributed by atoms with van der Waals surface area (Å²) in [5, 5.41) is 0. The molecule has 1 rings (SSSR count). The fourth-order valence-electron chi connectivity index (χ4n) is 1.43. The molecule has 0 radical (unpaired) electrons. The minimum atomic E-state index is 0.183. The smallest absolute Gasteiger partial charge is 0.222 e. The number of hydrogen-bond acceptors (Lipinski definition) is 3. The molecule has 0 saturated carbocycles. The van der Waals surface area contributed by atoms with Crippen LogP contribution in [0.2, 0.25) is 0 Å². The fraction of sp³-hybridized carbons (Fsp3) is 0.462. The Labute approximate surface area is 107 Å². The Morgan fingerprint density at radius 2 is 2.12 bits per heavy atom. The van der Waals surface area contributed by atoms with Gasteiger partial charge in [-0.05, 0) is 36.8 Å². The molecule has 0 fully saturated rings. The lowest BCUT2D eigenvalue weighted by atomic mass is 10.2. The van der Waals surface area contributed by atoms with Gasteiger partial charge in [-0.25, -0.2) is 0 Å². The molecule has 3 nitrogen and oxygen atoms in total. The topological polar surface area (TPSA) is 46.3 Å². The molecular weight excluding hydrogens is 232 g/mol. The van der Waals surface area contributed by atoms with Crippen LogP contribution < -0.4 is 5.73 Å². The number of thioether (sulfide) groups is 1. The van der Waals surface area contributed by atoms with Gasteiger partial charge in [0.05, 0.1) is 0 Å². The molecule has 0 aromatic heterocycles. The number of aryl methyl sites for hydroxylation is 1. The predicted octanol–water partition coefficient (Wildman–Crippen LogP) is 2.54. The number of hydrogen-bond donors (Lipinski definition) is 1. The highest BCUT2D eigenvalue weighted by Gasteiger charge is 2.04. The normalized spacial score (nSPS) is 10.3. The van der Waals surface area contributed by atoms with E-state index < -0.39 is 0 Å². The average molecular weight is 252 g/mol. The SMILES string of the molecule is Cc1ccc(SCCCC(=O)N(C)C)c(N)c1. The summed E-state index contributed by atoms with van der Waals surface area (Å²) in [7, 11) is 3.57. The molecule has 0 aliphatic carbocycles. The number of rotatable bonds is 5. The van der Waals surface area contributed by atoms with Crippen molar-refractivity contribution in [1.82, 2.24) is 4.90 Å². The van der Waals surface area contributed by atoms with Crippen LogP contribution in [-0.4, -0.2) is 30.7 Å². The number of benzene rings is 1. The van der Waals surface area contributed by atoms with Crippen molar-refractivity contribution >= 4 is 23.4 Å². The van der Waals surface area contributed by atoms with Crippen molar-refractivity contribution in [3.8, 4) is 0 Å². The van der Waals surface area contributed by atoms with Gasteiger partial charge in [-0.3, -0.25) is 4.79 Å². The van der Waals surface area contributed by atoms with Crippen LogP contribution in [0.4, 0.5) is 5.69 Å². The predicted molar refractivity (Wildman–Crippen MR) is 74.2 cm³/mol. The summed E-state index contributed by atoms with van der Waals surface area (Å²) < 4.78 is 0. The minimum absolute atomic E-state index is 0.183. The van der Waals surface area contributed by atoms with Crippen molar-refractivity contribution in [2.75, 3.05) is 25.6 Å². The Kier molecular flexibility index (Phi) is 5.35. The number of nitrogen functional groups attached to an aromatic ring is 1. The van der Waals surface area contributed by atoms with Crippen molar-refractivity contribution in [2.24, 2.45) is 0 Å². The van der Waals surface area contributed by atoms with Gasteiger partial charge in [-0.2, -0.15) is 0 Å². The number of carbonyl (C=O) groups excluding carboxylic acids is 1. The maximum Gasteiger partial charge on any atom is 0.222 e. The van der Waals surface area contributed by atoms with Gasteiger partial charge < -0.3 is 10.6 Å². The minimum Gasteiger partial charge on any atom is -0.398 e. The fourth-order valence-corrected chi connectivity index (χ4v) is 2.33. The van der Waals surface area contributed by atoms with Gasteiger partial charge in [0.1, 0.15) is 0 Å². The second-order valence-electron chi connectivity index (χ2n) is 4.28. The van der Waals surface area contributed by atoms with Crippen molar-refractivity contribution in [2.45, 2.75) is 24.7 Å². The molecular formula is C13H20N2OS. The number of nitrogens with zero attached hydrogens (tertiary/aromatic N) is 1. The zero-order valence-electron chi connectivity index (χ0n) is 10.7. The third kappa shape index (κ3) is 4.69. The van der Waals surface area contributed by atoms with E-state index >= 15 is 0 Å². The zero-order valence-corrected chi connectivity index (χ0v) is 11.5. The van der Waals surface area contributed by atoms with Crippen molar-refractivity contribution in [1.29, 1.82) is 0 Å². The molecule has 0 spiro atoms. The third-order valence-corrected chi connectivity index (χ3v) is 3.63. The van der Waals surface area contributed by atoms with Gasteiger partial charge in [-0.15, -0.1) is 11.8 Å². The van der Waals surface area contributed by atoms with Gasteiger partial charge in [-0.1, -0.05) is 6.07 Å². The van der Waals surface area contributed by atoms with Crippen LogP contribution in [0.1, 0.15) is 18.4 Å². The van der Waals surface area contributed by atoms with E-state index in [2.05, 4.69) is 6.07 Å². The lowest BCUT2D eigenvalue weighted by molar-refractivity contribution is -0.128. The summed E-state index contributed by atoms with van der Waals surface area (Å²) in [6, 6.07) is 6.08. The maximum atomic E-state index is 11.4. The Morgan fingerprint density at radius 1 is 1.41 bits per heavy atom. The van der Waals surface area contributed by atoms with Gasteiger partial charge >= 0.3 is 0 Å². The van der Waals surface area contributed by atoms with Crippen LogP contribution in [0.3, 0.4) is 0 Å². The summed E-state index contributed by atoms with van der Waals surface area (Å²) in [6.07, 6.45) is 1.49. The third-order valence-electron chi connectivity index (χ3n) is 2.46. The highest BCUT2D eigenvalue weighted by molar-refractivity contribution is 7.99.